The highest BCUT2D eigenvalue weighted by atomic mass is 35.5. The summed E-state index contributed by atoms with van der Waals surface area (Å²) in [6.07, 6.45) is 0. The first kappa shape index (κ1) is 14.9. The van der Waals surface area contributed by atoms with Gasteiger partial charge in [-0.3, -0.25) is 0 Å². The number of methoxy groups -OCH3 is 1. The molecule has 0 fully saturated rings. The van der Waals surface area contributed by atoms with Gasteiger partial charge in [0.15, 0.2) is 0 Å². The van der Waals surface area contributed by atoms with Gasteiger partial charge in [-0.05, 0) is 37.1 Å². The molecule has 2 aromatic carbocycles. The van der Waals surface area contributed by atoms with Gasteiger partial charge in [0.2, 0.25) is 0 Å². The summed E-state index contributed by atoms with van der Waals surface area (Å²) in [7, 11) is 1.67. The molecule has 1 atom stereocenters. The Morgan fingerprint density at radius 1 is 1.15 bits per heavy atom. The first-order valence-corrected chi connectivity index (χ1v) is 7.11. The topological polar surface area (TPSA) is 21.3 Å². The van der Waals surface area contributed by atoms with Crippen molar-refractivity contribution in [2.75, 3.05) is 7.11 Å². The number of aryl methyl sites for hydroxylation is 1. The molecule has 2 aromatic rings. The van der Waals surface area contributed by atoms with Gasteiger partial charge in [-0.25, -0.2) is 0 Å². The number of benzene rings is 2. The minimum absolute atomic E-state index is 0.261. The molecule has 0 spiro atoms. The second kappa shape index (κ2) is 6.78. The molecule has 0 aliphatic rings. The van der Waals surface area contributed by atoms with Crippen LogP contribution in [0.3, 0.4) is 0 Å². The Bertz CT molecular complexity index is 583. The van der Waals surface area contributed by atoms with Gasteiger partial charge in [0.25, 0.3) is 0 Å². The van der Waals surface area contributed by atoms with Crippen LogP contribution in [0.25, 0.3) is 0 Å². The molecule has 0 saturated heterocycles. The molecule has 0 saturated carbocycles. The largest absolute Gasteiger partial charge is 0.496 e. The first-order chi connectivity index (χ1) is 9.63. The van der Waals surface area contributed by atoms with E-state index in [-0.39, 0.29) is 6.04 Å². The van der Waals surface area contributed by atoms with E-state index in [1.54, 1.807) is 7.11 Å². The summed E-state index contributed by atoms with van der Waals surface area (Å²) in [6, 6.07) is 14.4. The van der Waals surface area contributed by atoms with Crippen molar-refractivity contribution in [3.63, 3.8) is 0 Å². The molecule has 0 bridgehead atoms. The van der Waals surface area contributed by atoms with Crippen LogP contribution in [0.15, 0.2) is 42.5 Å². The van der Waals surface area contributed by atoms with Crippen molar-refractivity contribution in [1.29, 1.82) is 0 Å². The molecule has 2 rings (SSSR count). The second-order valence-corrected chi connectivity index (χ2v) is 5.29. The molecule has 20 heavy (non-hydrogen) atoms. The average molecular weight is 290 g/mol. The van der Waals surface area contributed by atoms with Crippen LogP contribution in [0.4, 0.5) is 0 Å². The van der Waals surface area contributed by atoms with Crippen molar-refractivity contribution in [1.82, 2.24) is 5.32 Å². The van der Waals surface area contributed by atoms with Crippen LogP contribution in [-0.4, -0.2) is 7.11 Å². The third-order valence-electron chi connectivity index (χ3n) is 3.54. The summed E-state index contributed by atoms with van der Waals surface area (Å²) in [5.41, 5.74) is 3.59. The van der Waals surface area contributed by atoms with E-state index in [1.807, 2.05) is 18.2 Å². The molecular formula is C17H20ClNO. The van der Waals surface area contributed by atoms with Crippen LogP contribution >= 0.6 is 11.6 Å². The number of nitrogens with one attached hydrogen (secondary N) is 1. The van der Waals surface area contributed by atoms with Gasteiger partial charge in [0.1, 0.15) is 5.75 Å². The number of hydrogen-bond donors (Lipinski definition) is 1. The number of hydrogen-bond acceptors (Lipinski definition) is 2. The van der Waals surface area contributed by atoms with Crippen LogP contribution in [0, 0.1) is 6.92 Å². The summed E-state index contributed by atoms with van der Waals surface area (Å²) in [6.45, 7) is 4.97. The molecule has 3 heteroatoms. The van der Waals surface area contributed by atoms with Gasteiger partial charge in [-0.1, -0.05) is 41.9 Å². The highest BCUT2D eigenvalue weighted by Crippen LogP contribution is 2.27. The van der Waals surface area contributed by atoms with Gasteiger partial charge in [0, 0.05) is 23.2 Å². The predicted molar refractivity (Wildman–Crippen MR) is 84.4 cm³/mol. The zero-order valence-corrected chi connectivity index (χ0v) is 12.9. The van der Waals surface area contributed by atoms with Crippen molar-refractivity contribution in [2.24, 2.45) is 0 Å². The smallest absolute Gasteiger partial charge is 0.124 e. The van der Waals surface area contributed by atoms with Crippen molar-refractivity contribution in [3.05, 3.63) is 64.2 Å². The summed E-state index contributed by atoms with van der Waals surface area (Å²) in [5.74, 6) is 0.821. The van der Waals surface area contributed by atoms with E-state index in [0.717, 1.165) is 16.3 Å². The second-order valence-electron chi connectivity index (χ2n) is 4.88. The van der Waals surface area contributed by atoms with Crippen LogP contribution in [0.1, 0.15) is 29.7 Å². The fourth-order valence-electron chi connectivity index (χ4n) is 2.34. The quantitative estimate of drug-likeness (QED) is 0.874. The van der Waals surface area contributed by atoms with E-state index in [4.69, 9.17) is 16.3 Å². The summed E-state index contributed by atoms with van der Waals surface area (Å²) in [5, 5.41) is 4.24. The third kappa shape index (κ3) is 3.33. The number of rotatable bonds is 5. The Kier molecular flexibility index (Phi) is 5.05. The molecule has 0 unspecified atom stereocenters. The van der Waals surface area contributed by atoms with E-state index < -0.39 is 0 Å². The van der Waals surface area contributed by atoms with E-state index in [1.165, 1.54) is 11.1 Å². The highest BCUT2D eigenvalue weighted by molar-refractivity contribution is 6.31. The minimum atomic E-state index is 0.261. The van der Waals surface area contributed by atoms with Crippen LogP contribution in [0.2, 0.25) is 5.02 Å². The lowest BCUT2D eigenvalue weighted by atomic mass is 10.0. The first-order valence-electron chi connectivity index (χ1n) is 6.73. The third-order valence-corrected chi connectivity index (χ3v) is 3.89. The normalized spacial score (nSPS) is 12.2. The SMILES string of the molecule is COc1cccc(Cl)c1CN[C@@H](C)c1ccccc1C. The molecule has 2 nitrogen and oxygen atoms in total. The van der Waals surface area contributed by atoms with Gasteiger partial charge in [-0.2, -0.15) is 0 Å². The average Bonchev–Trinajstić information content (AvgIpc) is 2.46. The molecule has 0 aromatic heterocycles. The van der Waals surface area contributed by atoms with Crippen LogP contribution in [0.5, 0.6) is 5.75 Å². The standard InChI is InChI=1S/C17H20ClNO/c1-12-7-4-5-8-14(12)13(2)19-11-15-16(18)9-6-10-17(15)20-3/h4-10,13,19H,11H2,1-3H3/t13-/m0/s1. The molecule has 0 heterocycles. The fourth-order valence-corrected chi connectivity index (χ4v) is 2.57. The van der Waals surface area contributed by atoms with Crippen molar-refractivity contribution >= 4 is 11.6 Å². The molecule has 0 aliphatic carbocycles. The lowest BCUT2D eigenvalue weighted by molar-refractivity contribution is 0.406. The Morgan fingerprint density at radius 3 is 2.60 bits per heavy atom. The summed E-state index contributed by atoms with van der Waals surface area (Å²) >= 11 is 6.25. The lowest BCUT2D eigenvalue weighted by Crippen LogP contribution is -2.19. The Balaban J connectivity index is 2.11. The maximum atomic E-state index is 6.25. The zero-order valence-electron chi connectivity index (χ0n) is 12.1. The molecular weight excluding hydrogens is 270 g/mol. The fraction of sp³-hybridized carbons (Fsp3) is 0.294. The van der Waals surface area contributed by atoms with E-state index in [0.29, 0.717) is 6.54 Å². The number of halogens is 1. The van der Waals surface area contributed by atoms with Gasteiger partial charge >= 0.3 is 0 Å². The van der Waals surface area contributed by atoms with Crippen molar-refractivity contribution < 1.29 is 4.74 Å². The predicted octanol–water partition coefficient (Wildman–Crippen LogP) is 4.51. The molecule has 106 valence electrons. The molecule has 0 aliphatic heterocycles. The molecule has 0 amide bonds. The van der Waals surface area contributed by atoms with Crippen molar-refractivity contribution in [3.8, 4) is 5.75 Å². The van der Waals surface area contributed by atoms with E-state index in [2.05, 4.69) is 43.4 Å². The van der Waals surface area contributed by atoms with Crippen LogP contribution < -0.4 is 10.1 Å². The highest BCUT2D eigenvalue weighted by Gasteiger charge is 2.11. The molecule has 1 N–H and O–H groups in total. The lowest BCUT2D eigenvalue weighted by Gasteiger charge is -2.18. The minimum Gasteiger partial charge on any atom is -0.496 e. The molecule has 0 radical (unpaired) electrons. The van der Waals surface area contributed by atoms with Gasteiger partial charge in [0.05, 0.1) is 7.11 Å². The van der Waals surface area contributed by atoms with E-state index in [9.17, 15) is 0 Å². The maximum Gasteiger partial charge on any atom is 0.124 e. The van der Waals surface area contributed by atoms with Crippen molar-refractivity contribution in [2.45, 2.75) is 26.4 Å². The maximum absolute atomic E-state index is 6.25. The van der Waals surface area contributed by atoms with Gasteiger partial charge in [-0.15, -0.1) is 0 Å². The summed E-state index contributed by atoms with van der Waals surface area (Å²) in [4.78, 5) is 0. The monoisotopic (exact) mass is 289 g/mol. The Labute approximate surface area is 125 Å². The van der Waals surface area contributed by atoms with Gasteiger partial charge < -0.3 is 10.1 Å². The summed E-state index contributed by atoms with van der Waals surface area (Å²) < 4.78 is 5.36. The van der Waals surface area contributed by atoms with E-state index >= 15 is 0 Å². The van der Waals surface area contributed by atoms with Crippen LogP contribution in [-0.2, 0) is 6.54 Å². The zero-order chi connectivity index (χ0) is 14.5. The Hall–Kier alpha value is -1.51. The Morgan fingerprint density at radius 2 is 1.90 bits per heavy atom. The number of ether oxygens (including phenoxy) is 1.